The molecule has 0 radical (unpaired) electrons. The zero-order valence-corrected chi connectivity index (χ0v) is 18.0. The molecule has 4 rings (SSSR count). The summed E-state index contributed by atoms with van der Waals surface area (Å²) >= 11 is 2.92. The van der Waals surface area contributed by atoms with Gasteiger partial charge in [-0.05, 0) is 56.2 Å². The van der Waals surface area contributed by atoms with E-state index in [4.69, 9.17) is 4.42 Å². The van der Waals surface area contributed by atoms with Gasteiger partial charge in [0.2, 0.25) is 5.91 Å². The summed E-state index contributed by atoms with van der Waals surface area (Å²) < 4.78 is 5.59. The van der Waals surface area contributed by atoms with Gasteiger partial charge >= 0.3 is 0 Å². The topological polar surface area (TPSA) is 75.4 Å². The fourth-order valence-electron chi connectivity index (χ4n) is 3.09. The van der Waals surface area contributed by atoms with E-state index in [9.17, 15) is 9.59 Å². The molecule has 6 nitrogen and oxygen atoms in total. The molecule has 1 aliphatic rings. The zero-order chi connectivity index (χ0) is 20.5. The molecule has 1 fully saturated rings. The third-order valence-corrected chi connectivity index (χ3v) is 6.76. The summed E-state index contributed by atoms with van der Waals surface area (Å²) in [5.41, 5.74) is 3.36. The number of thiazole rings is 1. The highest BCUT2D eigenvalue weighted by molar-refractivity contribution is 7.99. The Balaban J connectivity index is 1.49. The number of carbonyl (C=O) groups excluding carboxylic acids is 2. The summed E-state index contributed by atoms with van der Waals surface area (Å²) in [6.07, 6.45) is 0. The van der Waals surface area contributed by atoms with Gasteiger partial charge in [-0.25, -0.2) is 4.98 Å². The lowest BCUT2D eigenvalue weighted by molar-refractivity contribution is -0.119. The highest BCUT2D eigenvalue weighted by Gasteiger charge is 2.36. The smallest absolute Gasteiger partial charge is 0.274 e. The number of hydrogen-bond donors (Lipinski definition) is 1. The second-order valence-electron chi connectivity index (χ2n) is 7.03. The Labute approximate surface area is 177 Å². The minimum absolute atomic E-state index is 0.177. The van der Waals surface area contributed by atoms with E-state index in [1.54, 1.807) is 22.0 Å². The van der Waals surface area contributed by atoms with Gasteiger partial charge < -0.3 is 14.6 Å². The highest BCUT2D eigenvalue weighted by Crippen LogP contribution is 2.29. The van der Waals surface area contributed by atoms with Gasteiger partial charge in [-0.1, -0.05) is 6.07 Å². The summed E-state index contributed by atoms with van der Waals surface area (Å²) in [7, 11) is 0. The summed E-state index contributed by atoms with van der Waals surface area (Å²) in [4.78, 5) is 31.9. The lowest BCUT2D eigenvalue weighted by Gasteiger charge is -2.22. The van der Waals surface area contributed by atoms with Crippen LogP contribution in [0.1, 0.15) is 27.4 Å². The quantitative estimate of drug-likeness (QED) is 0.664. The summed E-state index contributed by atoms with van der Waals surface area (Å²) in [6.45, 7) is 5.90. The molecule has 1 aromatic carbocycles. The standard InChI is InChI=1S/C21H21N3O3S2/c1-12-4-6-15(8-13(12)2)22-19(25)17-10-28-11-24(17)21(26)16-9-29-20(23-16)18-7-5-14(3)27-18/h4-9,17H,10-11H2,1-3H3,(H,22,25)/t17-/m0/s1. The van der Waals surface area contributed by atoms with Crippen LogP contribution in [0.4, 0.5) is 5.69 Å². The van der Waals surface area contributed by atoms with Crippen LogP contribution in [0.15, 0.2) is 40.1 Å². The number of anilines is 1. The summed E-state index contributed by atoms with van der Waals surface area (Å²) in [6, 6.07) is 8.98. The van der Waals surface area contributed by atoms with Crippen LogP contribution in [0, 0.1) is 20.8 Å². The van der Waals surface area contributed by atoms with Crippen molar-refractivity contribution in [3.63, 3.8) is 0 Å². The van der Waals surface area contributed by atoms with Crippen molar-refractivity contribution in [2.75, 3.05) is 16.9 Å². The lowest BCUT2D eigenvalue weighted by atomic mass is 10.1. The van der Waals surface area contributed by atoms with E-state index in [0.717, 1.165) is 17.0 Å². The average Bonchev–Trinajstić information content (AvgIpc) is 3.43. The van der Waals surface area contributed by atoms with Crippen LogP contribution in [-0.2, 0) is 4.79 Å². The Morgan fingerprint density at radius 1 is 1.17 bits per heavy atom. The van der Waals surface area contributed by atoms with Crippen molar-refractivity contribution >= 4 is 40.6 Å². The van der Waals surface area contributed by atoms with Crippen molar-refractivity contribution < 1.29 is 14.0 Å². The zero-order valence-electron chi connectivity index (χ0n) is 16.4. The molecule has 150 valence electrons. The van der Waals surface area contributed by atoms with Crippen LogP contribution >= 0.6 is 23.1 Å². The van der Waals surface area contributed by atoms with Crippen molar-refractivity contribution in [1.29, 1.82) is 0 Å². The number of aromatic nitrogens is 1. The Hall–Kier alpha value is -2.58. The third kappa shape index (κ3) is 4.09. The van der Waals surface area contributed by atoms with Gasteiger partial charge in [-0.15, -0.1) is 23.1 Å². The van der Waals surface area contributed by atoms with Gasteiger partial charge in [0, 0.05) is 16.8 Å². The summed E-state index contributed by atoms with van der Waals surface area (Å²) in [5, 5.41) is 5.32. The van der Waals surface area contributed by atoms with E-state index in [1.165, 1.54) is 16.9 Å². The first kappa shape index (κ1) is 19.7. The number of thioether (sulfide) groups is 1. The number of rotatable bonds is 4. The molecule has 0 aliphatic carbocycles. The molecule has 1 aliphatic heterocycles. The van der Waals surface area contributed by atoms with E-state index >= 15 is 0 Å². The van der Waals surface area contributed by atoms with Gasteiger partial charge in [-0.3, -0.25) is 9.59 Å². The molecule has 29 heavy (non-hydrogen) atoms. The maximum atomic E-state index is 13.0. The van der Waals surface area contributed by atoms with Crippen molar-refractivity contribution in [2.45, 2.75) is 26.8 Å². The van der Waals surface area contributed by atoms with Crippen LogP contribution < -0.4 is 5.32 Å². The van der Waals surface area contributed by atoms with Crippen molar-refractivity contribution in [1.82, 2.24) is 9.88 Å². The average molecular weight is 428 g/mol. The van der Waals surface area contributed by atoms with Crippen LogP contribution in [-0.4, -0.2) is 39.4 Å². The van der Waals surface area contributed by atoms with Gasteiger partial charge in [0.1, 0.15) is 17.5 Å². The van der Waals surface area contributed by atoms with Crippen LogP contribution in [0.3, 0.4) is 0 Å². The first-order chi connectivity index (χ1) is 13.9. The second kappa shape index (κ2) is 8.04. The molecule has 1 N–H and O–H groups in total. The van der Waals surface area contributed by atoms with Crippen molar-refractivity contribution in [3.05, 3.63) is 58.3 Å². The third-order valence-electron chi connectivity index (χ3n) is 4.89. The number of nitrogens with one attached hydrogen (secondary N) is 1. The maximum absolute atomic E-state index is 13.0. The van der Waals surface area contributed by atoms with E-state index in [0.29, 0.717) is 28.1 Å². The molecule has 0 unspecified atom stereocenters. The molecular weight excluding hydrogens is 406 g/mol. The van der Waals surface area contributed by atoms with Gasteiger partial charge in [0.25, 0.3) is 5.91 Å². The number of benzene rings is 1. The fraction of sp³-hybridized carbons (Fsp3) is 0.286. The van der Waals surface area contributed by atoms with E-state index in [-0.39, 0.29) is 11.8 Å². The number of furan rings is 1. The van der Waals surface area contributed by atoms with Crippen molar-refractivity contribution in [2.24, 2.45) is 0 Å². The number of aryl methyl sites for hydroxylation is 3. The monoisotopic (exact) mass is 427 g/mol. The molecule has 3 aromatic rings. The van der Waals surface area contributed by atoms with Gasteiger partial charge in [0.15, 0.2) is 10.8 Å². The first-order valence-electron chi connectivity index (χ1n) is 9.21. The molecule has 2 aromatic heterocycles. The summed E-state index contributed by atoms with van der Waals surface area (Å²) in [5.74, 6) is 2.06. The number of amides is 2. The van der Waals surface area contributed by atoms with Crippen molar-refractivity contribution in [3.8, 4) is 10.8 Å². The molecule has 3 heterocycles. The predicted octanol–water partition coefficient (Wildman–Crippen LogP) is 4.48. The number of carbonyl (C=O) groups is 2. The second-order valence-corrected chi connectivity index (χ2v) is 8.88. The molecule has 1 saturated heterocycles. The van der Waals surface area contributed by atoms with E-state index in [2.05, 4.69) is 10.3 Å². The Bertz CT molecular complexity index is 1070. The minimum Gasteiger partial charge on any atom is -0.459 e. The Morgan fingerprint density at radius 2 is 2.00 bits per heavy atom. The normalized spacial score (nSPS) is 16.2. The van der Waals surface area contributed by atoms with Crippen LogP contribution in [0.2, 0.25) is 0 Å². The van der Waals surface area contributed by atoms with Gasteiger partial charge in [-0.2, -0.15) is 0 Å². The lowest BCUT2D eigenvalue weighted by Crippen LogP contribution is -2.44. The van der Waals surface area contributed by atoms with Gasteiger partial charge in [0.05, 0.1) is 5.88 Å². The number of hydrogen-bond acceptors (Lipinski definition) is 6. The first-order valence-corrected chi connectivity index (χ1v) is 11.2. The van der Waals surface area contributed by atoms with E-state index in [1.807, 2.05) is 51.1 Å². The SMILES string of the molecule is Cc1ccc(-c2nc(C(=O)N3CSC[C@H]3C(=O)Nc3ccc(C)c(C)c3)cs2)o1. The predicted molar refractivity (Wildman–Crippen MR) is 116 cm³/mol. The maximum Gasteiger partial charge on any atom is 0.274 e. The highest BCUT2D eigenvalue weighted by atomic mass is 32.2. The van der Waals surface area contributed by atoms with Crippen LogP contribution in [0.25, 0.3) is 10.8 Å². The number of nitrogens with zero attached hydrogens (tertiary/aromatic N) is 2. The molecule has 0 spiro atoms. The Kier molecular flexibility index (Phi) is 5.47. The Morgan fingerprint density at radius 3 is 2.72 bits per heavy atom. The largest absolute Gasteiger partial charge is 0.459 e. The molecule has 0 saturated carbocycles. The molecule has 1 atom stereocenters. The molecule has 2 amide bonds. The van der Waals surface area contributed by atoms with E-state index < -0.39 is 6.04 Å². The van der Waals surface area contributed by atoms with Crippen LogP contribution in [0.5, 0.6) is 0 Å². The molecule has 0 bridgehead atoms. The minimum atomic E-state index is -0.523. The fourth-order valence-corrected chi connectivity index (χ4v) is 4.99. The molecule has 8 heteroatoms. The molecular formula is C21H21N3O3S2.